The first-order valence-corrected chi connectivity index (χ1v) is 11.6. The standard InChI is InChI=1S/C27H26N4O4/c1-2-34-24-13-6-5-12-22(24)29-27(33)31-16-14-30(15-17-31)18-23-26(32)35-25(28-23)21-11-7-9-19-8-3-4-10-20(19)21/h3-13,18H,2,14-17H2,1H3,(H,29,33). The minimum Gasteiger partial charge on any atom is -0.492 e. The largest absolute Gasteiger partial charge is 0.492 e. The van der Waals surface area contributed by atoms with Gasteiger partial charge in [0, 0.05) is 37.9 Å². The number of benzene rings is 3. The molecule has 3 aromatic rings. The number of nitrogens with one attached hydrogen (secondary N) is 1. The molecule has 2 aliphatic rings. The van der Waals surface area contributed by atoms with Crippen molar-refractivity contribution < 1.29 is 19.1 Å². The van der Waals surface area contributed by atoms with Crippen molar-refractivity contribution in [2.75, 3.05) is 38.1 Å². The molecule has 0 aromatic heterocycles. The number of ether oxygens (including phenoxy) is 2. The molecule has 0 unspecified atom stereocenters. The molecule has 0 aliphatic carbocycles. The molecule has 8 heteroatoms. The number of esters is 1. The molecule has 2 amide bonds. The highest BCUT2D eigenvalue weighted by Crippen LogP contribution is 2.25. The summed E-state index contributed by atoms with van der Waals surface area (Å²) in [7, 11) is 0. The van der Waals surface area contributed by atoms with Gasteiger partial charge in [0.2, 0.25) is 5.90 Å². The van der Waals surface area contributed by atoms with Crippen LogP contribution in [0, 0.1) is 0 Å². The van der Waals surface area contributed by atoms with Crippen LogP contribution in [0.5, 0.6) is 5.75 Å². The van der Waals surface area contributed by atoms with Gasteiger partial charge in [-0.1, -0.05) is 48.5 Å². The van der Waals surface area contributed by atoms with Gasteiger partial charge in [-0.2, -0.15) is 0 Å². The maximum absolute atomic E-state index is 12.8. The molecular weight excluding hydrogens is 444 g/mol. The number of carbonyl (C=O) groups excluding carboxylic acids is 2. The van der Waals surface area contributed by atoms with Crippen LogP contribution in [0.25, 0.3) is 10.8 Å². The zero-order valence-electron chi connectivity index (χ0n) is 19.4. The average Bonchev–Trinajstić information content (AvgIpc) is 3.25. The number of nitrogens with zero attached hydrogens (tertiary/aromatic N) is 3. The third-order valence-electron chi connectivity index (χ3n) is 5.98. The summed E-state index contributed by atoms with van der Waals surface area (Å²) < 4.78 is 11.1. The molecule has 1 N–H and O–H groups in total. The number of rotatable bonds is 5. The van der Waals surface area contributed by atoms with Crippen molar-refractivity contribution in [2.45, 2.75) is 6.92 Å². The summed E-state index contributed by atoms with van der Waals surface area (Å²) in [6.07, 6.45) is 1.72. The molecule has 2 aliphatic heterocycles. The zero-order chi connectivity index (χ0) is 24.2. The average molecular weight is 471 g/mol. The van der Waals surface area contributed by atoms with Crippen molar-refractivity contribution >= 4 is 34.4 Å². The Bertz CT molecular complexity index is 1320. The van der Waals surface area contributed by atoms with E-state index in [9.17, 15) is 9.59 Å². The monoisotopic (exact) mass is 470 g/mol. The van der Waals surface area contributed by atoms with Crippen molar-refractivity contribution in [3.8, 4) is 5.75 Å². The first-order valence-electron chi connectivity index (χ1n) is 11.6. The van der Waals surface area contributed by atoms with E-state index in [1.165, 1.54) is 0 Å². The van der Waals surface area contributed by atoms with Gasteiger partial charge in [-0.05, 0) is 35.9 Å². The molecule has 1 saturated heterocycles. The fourth-order valence-corrected chi connectivity index (χ4v) is 4.20. The van der Waals surface area contributed by atoms with Crippen molar-refractivity contribution in [3.63, 3.8) is 0 Å². The predicted molar refractivity (Wildman–Crippen MR) is 134 cm³/mol. The van der Waals surface area contributed by atoms with E-state index < -0.39 is 5.97 Å². The lowest BCUT2D eigenvalue weighted by molar-refractivity contribution is -0.130. The van der Waals surface area contributed by atoms with E-state index >= 15 is 0 Å². The molecule has 1 fully saturated rings. The lowest BCUT2D eigenvalue weighted by atomic mass is 10.0. The molecule has 0 radical (unpaired) electrons. The first-order chi connectivity index (χ1) is 17.1. The van der Waals surface area contributed by atoms with Crippen LogP contribution in [0.15, 0.2) is 83.6 Å². The molecule has 8 nitrogen and oxygen atoms in total. The van der Waals surface area contributed by atoms with Crippen LogP contribution in [0.1, 0.15) is 12.5 Å². The maximum Gasteiger partial charge on any atom is 0.365 e. The van der Waals surface area contributed by atoms with Crippen molar-refractivity contribution in [1.82, 2.24) is 9.80 Å². The van der Waals surface area contributed by atoms with Gasteiger partial charge in [0.05, 0.1) is 12.3 Å². The van der Waals surface area contributed by atoms with Gasteiger partial charge in [-0.3, -0.25) is 0 Å². The van der Waals surface area contributed by atoms with E-state index in [0.717, 1.165) is 16.3 Å². The quantitative estimate of drug-likeness (QED) is 0.446. The van der Waals surface area contributed by atoms with Crippen molar-refractivity contribution in [2.24, 2.45) is 4.99 Å². The van der Waals surface area contributed by atoms with Gasteiger partial charge in [0.25, 0.3) is 0 Å². The molecule has 2 heterocycles. The van der Waals surface area contributed by atoms with Crippen LogP contribution in [0.3, 0.4) is 0 Å². The van der Waals surface area contributed by atoms with E-state index in [-0.39, 0.29) is 11.7 Å². The number of piperazine rings is 1. The highest BCUT2D eigenvalue weighted by atomic mass is 16.6. The SMILES string of the molecule is CCOc1ccccc1NC(=O)N1CCN(C=C2N=C(c3cccc4ccccc34)OC2=O)CC1. The molecule has 0 bridgehead atoms. The molecular formula is C27H26N4O4. The number of para-hydroxylation sites is 2. The molecule has 178 valence electrons. The van der Waals surface area contributed by atoms with Crippen LogP contribution in [-0.4, -0.2) is 60.5 Å². The Balaban J connectivity index is 1.24. The Hall–Kier alpha value is -4.33. The van der Waals surface area contributed by atoms with Gasteiger partial charge in [0.15, 0.2) is 5.70 Å². The van der Waals surface area contributed by atoms with Gasteiger partial charge < -0.3 is 24.6 Å². The van der Waals surface area contributed by atoms with Gasteiger partial charge in [0.1, 0.15) is 5.75 Å². The predicted octanol–water partition coefficient (Wildman–Crippen LogP) is 4.23. The summed E-state index contributed by atoms with van der Waals surface area (Å²) in [6, 6.07) is 21.0. The second-order valence-corrected chi connectivity index (χ2v) is 8.23. The fourth-order valence-electron chi connectivity index (χ4n) is 4.20. The summed E-state index contributed by atoms with van der Waals surface area (Å²) in [5.74, 6) is 0.482. The highest BCUT2D eigenvalue weighted by Gasteiger charge is 2.27. The molecule has 3 aromatic carbocycles. The Morgan fingerprint density at radius 2 is 1.77 bits per heavy atom. The summed E-state index contributed by atoms with van der Waals surface area (Å²) in [5, 5.41) is 4.97. The van der Waals surface area contributed by atoms with E-state index in [1.807, 2.05) is 78.6 Å². The Morgan fingerprint density at radius 3 is 2.60 bits per heavy atom. The number of carbonyl (C=O) groups is 2. The van der Waals surface area contributed by atoms with Crippen LogP contribution < -0.4 is 10.1 Å². The van der Waals surface area contributed by atoms with E-state index in [0.29, 0.717) is 50.1 Å². The van der Waals surface area contributed by atoms with Crippen LogP contribution >= 0.6 is 0 Å². The maximum atomic E-state index is 12.8. The number of urea groups is 1. The summed E-state index contributed by atoms with van der Waals surface area (Å²) in [6.45, 7) is 4.62. The minimum atomic E-state index is -0.472. The topological polar surface area (TPSA) is 83.5 Å². The number of aliphatic imine (C=N–C) groups is 1. The van der Waals surface area contributed by atoms with Crippen LogP contribution in [0.4, 0.5) is 10.5 Å². The number of cyclic esters (lactones) is 1. The van der Waals surface area contributed by atoms with Crippen molar-refractivity contribution in [1.29, 1.82) is 0 Å². The molecule has 0 saturated carbocycles. The van der Waals surface area contributed by atoms with E-state index in [1.54, 1.807) is 11.1 Å². The summed E-state index contributed by atoms with van der Waals surface area (Å²) >= 11 is 0. The Kier molecular flexibility index (Phi) is 6.34. The molecule has 0 atom stereocenters. The minimum absolute atomic E-state index is 0.180. The number of fused-ring (bicyclic) bond motifs is 1. The Labute approximate surface area is 203 Å². The molecule has 0 spiro atoms. The Morgan fingerprint density at radius 1 is 1.03 bits per heavy atom. The summed E-state index contributed by atoms with van der Waals surface area (Å²) in [4.78, 5) is 33.5. The van der Waals surface area contributed by atoms with E-state index in [4.69, 9.17) is 9.47 Å². The normalized spacial score (nSPS) is 16.9. The van der Waals surface area contributed by atoms with Gasteiger partial charge in [-0.15, -0.1) is 0 Å². The van der Waals surface area contributed by atoms with Gasteiger partial charge >= 0.3 is 12.0 Å². The smallest absolute Gasteiger partial charge is 0.365 e. The lowest BCUT2D eigenvalue weighted by Gasteiger charge is -2.34. The molecule has 35 heavy (non-hydrogen) atoms. The van der Waals surface area contributed by atoms with Gasteiger partial charge in [-0.25, -0.2) is 14.6 Å². The second kappa shape index (κ2) is 9.89. The van der Waals surface area contributed by atoms with Crippen LogP contribution in [0.2, 0.25) is 0 Å². The highest BCUT2D eigenvalue weighted by molar-refractivity contribution is 6.16. The number of hydrogen-bond donors (Lipinski definition) is 1. The zero-order valence-corrected chi connectivity index (χ0v) is 19.4. The van der Waals surface area contributed by atoms with Crippen molar-refractivity contribution in [3.05, 3.63) is 84.2 Å². The fraction of sp³-hybridized carbons (Fsp3) is 0.222. The van der Waals surface area contributed by atoms with Crippen LogP contribution in [-0.2, 0) is 9.53 Å². The number of amides is 2. The summed E-state index contributed by atoms with van der Waals surface area (Å²) in [5.41, 5.74) is 1.69. The third kappa shape index (κ3) is 4.82. The molecule has 5 rings (SSSR count). The number of hydrogen-bond acceptors (Lipinski definition) is 6. The second-order valence-electron chi connectivity index (χ2n) is 8.23. The van der Waals surface area contributed by atoms with E-state index in [2.05, 4.69) is 10.3 Å². The number of anilines is 1. The first kappa shape index (κ1) is 22.5. The third-order valence-corrected chi connectivity index (χ3v) is 5.98. The lowest BCUT2D eigenvalue weighted by Crippen LogP contribution is -2.48.